The minimum absolute atomic E-state index is 0.300. The molecule has 0 saturated heterocycles. The van der Waals surface area contributed by atoms with Gasteiger partial charge in [0.15, 0.2) is 0 Å². The standard InChI is InChI=1S/C16H14N3/c1-11-6-8-13(9-7-11)15-10-14(18-16(17)19-15)12-4-2-3-5-12/h2-10H,1H3,(H2,17,18,19). The number of nitrogens with two attached hydrogens (primary N) is 1. The summed E-state index contributed by atoms with van der Waals surface area (Å²) in [6.45, 7) is 2.06. The molecule has 3 rings (SSSR count). The molecule has 0 unspecified atom stereocenters. The lowest BCUT2D eigenvalue weighted by Gasteiger charge is -2.10. The number of nitrogen functional groups attached to an aromatic ring is 1. The normalized spacial score (nSPS) is 15.8. The van der Waals surface area contributed by atoms with Crippen molar-refractivity contribution in [2.24, 2.45) is 0 Å². The van der Waals surface area contributed by atoms with Gasteiger partial charge in [-0.25, -0.2) is 9.97 Å². The van der Waals surface area contributed by atoms with Gasteiger partial charge in [0.1, 0.15) is 0 Å². The molecule has 5 radical (unpaired) electrons. The number of nitrogens with zero attached hydrogens (tertiary/aromatic N) is 2. The molecule has 2 N–H and O–H groups in total. The van der Waals surface area contributed by atoms with Crippen LogP contribution < -0.4 is 5.73 Å². The molecule has 0 atom stereocenters. The van der Waals surface area contributed by atoms with Crippen molar-refractivity contribution in [3.05, 3.63) is 73.2 Å². The van der Waals surface area contributed by atoms with Gasteiger partial charge in [-0.15, -0.1) is 0 Å². The number of benzene rings is 1. The average Bonchev–Trinajstić information content (AvgIpc) is 2.93. The molecular formula is C16H14N3. The van der Waals surface area contributed by atoms with E-state index in [0.29, 0.717) is 5.95 Å². The van der Waals surface area contributed by atoms with E-state index in [4.69, 9.17) is 5.73 Å². The van der Waals surface area contributed by atoms with Gasteiger partial charge in [-0.2, -0.15) is 0 Å². The van der Waals surface area contributed by atoms with E-state index in [2.05, 4.69) is 29.0 Å². The third-order valence-electron chi connectivity index (χ3n) is 3.05. The summed E-state index contributed by atoms with van der Waals surface area (Å²) in [6, 6.07) is 10.2. The van der Waals surface area contributed by atoms with Crippen molar-refractivity contribution in [3.8, 4) is 11.3 Å². The summed E-state index contributed by atoms with van der Waals surface area (Å²) < 4.78 is 0. The molecule has 1 fully saturated rings. The molecule has 3 nitrogen and oxygen atoms in total. The molecular weight excluding hydrogens is 234 g/mol. The Labute approximate surface area is 113 Å². The Kier molecular flexibility index (Phi) is 3.20. The van der Waals surface area contributed by atoms with Crippen LogP contribution in [0.2, 0.25) is 0 Å². The zero-order valence-corrected chi connectivity index (χ0v) is 10.7. The largest absolute Gasteiger partial charge is 0.368 e. The molecule has 1 saturated carbocycles. The average molecular weight is 248 g/mol. The zero-order valence-electron chi connectivity index (χ0n) is 10.7. The Hall–Kier alpha value is -1.90. The molecule has 3 heteroatoms. The van der Waals surface area contributed by atoms with Crippen LogP contribution in [-0.4, -0.2) is 9.97 Å². The smallest absolute Gasteiger partial charge is 0.220 e. The van der Waals surface area contributed by atoms with Crippen LogP contribution in [-0.2, 0) is 0 Å². The van der Waals surface area contributed by atoms with Gasteiger partial charge in [-0.05, 0) is 38.7 Å². The van der Waals surface area contributed by atoms with E-state index in [1.54, 1.807) is 0 Å². The van der Waals surface area contributed by atoms with Crippen molar-refractivity contribution >= 4 is 5.95 Å². The van der Waals surface area contributed by atoms with Gasteiger partial charge in [0.2, 0.25) is 5.95 Å². The second kappa shape index (κ2) is 5.00. The van der Waals surface area contributed by atoms with E-state index in [9.17, 15) is 0 Å². The first-order valence-corrected chi connectivity index (χ1v) is 6.16. The van der Waals surface area contributed by atoms with Crippen LogP contribution in [0.15, 0.2) is 30.3 Å². The van der Waals surface area contributed by atoms with Crippen molar-refractivity contribution in [2.45, 2.75) is 6.92 Å². The van der Waals surface area contributed by atoms with Crippen LogP contribution in [0, 0.1) is 38.5 Å². The molecule has 0 amide bonds. The molecule has 0 bridgehead atoms. The van der Waals surface area contributed by atoms with E-state index < -0.39 is 0 Å². The fourth-order valence-electron chi connectivity index (χ4n) is 2.03. The first-order chi connectivity index (χ1) is 9.22. The fourth-order valence-corrected chi connectivity index (χ4v) is 2.03. The first-order valence-electron chi connectivity index (χ1n) is 6.16. The second-order valence-corrected chi connectivity index (χ2v) is 4.54. The fraction of sp³-hybridized carbons (Fsp3) is 0.0625. The number of hydrogen-bond acceptors (Lipinski definition) is 3. The molecule has 93 valence electrons. The van der Waals surface area contributed by atoms with Crippen LogP contribution in [0.3, 0.4) is 0 Å². The highest BCUT2D eigenvalue weighted by Crippen LogP contribution is 2.31. The molecule has 1 heterocycles. The maximum atomic E-state index is 5.81. The molecule has 1 aromatic carbocycles. The highest BCUT2D eigenvalue weighted by atomic mass is 15.0. The molecule has 0 spiro atoms. The molecule has 0 aliphatic heterocycles. The third-order valence-corrected chi connectivity index (χ3v) is 3.05. The highest BCUT2D eigenvalue weighted by molar-refractivity contribution is 5.63. The van der Waals surface area contributed by atoms with E-state index in [0.717, 1.165) is 22.9 Å². The predicted molar refractivity (Wildman–Crippen MR) is 76.2 cm³/mol. The lowest BCUT2D eigenvalue weighted by Crippen LogP contribution is -2.05. The number of rotatable bonds is 2. The summed E-state index contributed by atoms with van der Waals surface area (Å²) in [5, 5.41) is 0. The Morgan fingerprint density at radius 3 is 2.21 bits per heavy atom. The van der Waals surface area contributed by atoms with E-state index in [1.807, 2.05) is 43.9 Å². The number of aryl methyl sites for hydroxylation is 1. The molecule has 1 aliphatic rings. The maximum absolute atomic E-state index is 5.81. The van der Waals surface area contributed by atoms with Crippen LogP contribution in [0.25, 0.3) is 11.3 Å². The monoisotopic (exact) mass is 248 g/mol. The summed E-state index contributed by atoms with van der Waals surface area (Å²) in [6.07, 6.45) is 8.00. The van der Waals surface area contributed by atoms with Gasteiger partial charge >= 0.3 is 0 Å². The highest BCUT2D eigenvalue weighted by Gasteiger charge is 2.21. The summed E-state index contributed by atoms with van der Waals surface area (Å²) in [7, 11) is 0. The minimum atomic E-state index is 0.300. The van der Waals surface area contributed by atoms with Crippen LogP contribution >= 0.6 is 0 Å². The van der Waals surface area contributed by atoms with Crippen molar-refractivity contribution in [2.75, 3.05) is 5.73 Å². The van der Waals surface area contributed by atoms with Gasteiger partial charge in [-0.1, -0.05) is 29.8 Å². The molecule has 1 aromatic heterocycles. The van der Waals surface area contributed by atoms with Gasteiger partial charge in [0.25, 0.3) is 0 Å². The zero-order chi connectivity index (χ0) is 13.2. The number of aromatic nitrogens is 2. The molecule has 1 aliphatic carbocycles. The van der Waals surface area contributed by atoms with E-state index in [1.165, 1.54) is 5.56 Å². The van der Waals surface area contributed by atoms with Crippen molar-refractivity contribution in [3.63, 3.8) is 0 Å². The quantitative estimate of drug-likeness (QED) is 0.889. The van der Waals surface area contributed by atoms with E-state index in [-0.39, 0.29) is 0 Å². The van der Waals surface area contributed by atoms with Gasteiger partial charge in [0.05, 0.1) is 11.4 Å². The number of hydrogen-bond donors (Lipinski definition) is 1. The van der Waals surface area contributed by atoms with E-state index >= 15 is 0 Å². The Morgan fingerprint density at radius 1 is 0.895 bits per heavy atom. The lowest BCUT2D eigenvalue weighted by molar-refractivity contribution is 1.09. The Balaban J connectivity index is 1.99. The third kappa shape index (κ3) is 2.60. The summed E-state index contributed by atoms with van der Waals surface area (Å²) >= 11 is 0. The molecule has 19 heavy (non-hydrogen) atoms. The summed E-state index contributed by atoms with van der Waals surface area (Å²) in [4.78, 5) is 8.60. The van der Waals surface area contributed by atoms with Crippen LogP contribution in [0.5, 0.6) is 0 Å². The van der Waals surface area contributed by atoms with Crippen molar-refractivity contribution in [1.29, 1.82) is 0 Å². The topological polar surface area (TPSA) is 51.8 Å². The van der Waals surface area contributed by atoms with Crippen molar-refractivity contribution < 1.29 is 0 Å². The maximum Gasteiger partial charge on any atom is 0.220 e. The minimum Gasteiger partial charge on any atom is -0.368 e. The lowest BCUT2D eigenvalue weighted by atomic mass is 10.0. The van der Waals surface area contributed by atoms with Crippen LogP contribution in [0.4, 0.5) is 5.95 Å². The van der Waals surface area contributed by atoms with Gasteiger partial charge in [0, 0.05) is 11.5 Å². The van der Waals surface area contributed by atoms with Crippen molar-refractivity contribution in [1.82, 2.24) is 9.97 Å². The molecule has 2 aromatic rings. The predicted octanol–water partition coefficient (Wildman–Crippen LogP) is 2.79. The Morgan fingerprint density at radius 2 is 1.53 bits per heavy atom. The van der Waals surface area contributed by atoms with Gasteiger partial charge in [-0.3, -0.25) is 0 Å². The second-order valence-electron chi connectivity index (χ2n) is 4.54. The summed E-state index contributed by atoms with van der Waals surface area (Å²) in [5.41, 5.74) is 9.79. The van der Waals surface area contributed by atoms with Crippen LogP contribution in [0.1, 0.15) is 11.3 Å². The SMILES string of the molecule is Cc1ccc(-c2cc([C]3[CH][CH][CH][CH]3)nc(N)n2)cc1. The summed E-state index contributed by atoms with van der Waals surface area (Å²) in [5.74, 6) is 1.36. The number of anilines is 1. The van der Waals surface area contributed by atoms with Gasteiger partial charge < -0.3 is 5.73 Å². The Bertz CT molecular complexity index is 569. The first kappa shape index (κ1) is 12.2.